The molecule has 0 aliphatic rings. The molecule has 2 unspecified atom stereocenters. The zero-order chi connectivity index (χ0) is 14.5. The van der Waals surface area contributed by atoms with Crippen molar-refractivity contribution in [2.24, 2.45) is 0 Å². The van der Waals surface area contributed by atoms with Crippen molar-refractivity contribution < 1.29 is 5.11 Å². The molecule has 20 heavy (non-hydrogen) atoms. The second kappa shape index (κ2) is 7.04. The van der Waals surface area contributed by atoms with E-state index >= 15 is 0 Å². The van der Waals surface area contributed by atoms with Crippen LogP contribution in [0.15, 0.2) is 41.0 Å². The molecule has 0 bridgehead atoms. The Hall–Kier alpha value is -1.13. The van der Waals surface area contributed by atoms with Crippen LogP contribution in [0.25, 0.3) is 0 Å². The first-order chi connectivity index (χ1) is 9.63. The first kappa shape index (κ1) is 15.3. The molecule has 0 aliphatic carbocycles. The van der Waals surface area contributed by atoms with Gasteiger partial charge in [0.2, 0.25) is 0 Å². The van der Waals surface area contributed by atoms with Gasteiger partial charge in [-0.15, -0.1) is 0 Å². The summed E-state index contributed by atoms with van der Waals surface area (Å²) in [4.78, 5) is 0. The highest BCUT2D eigenvalue weighted by Gasteiger charge is 2.14. The van der Waals surface area contributed by atoms with Gasteiger partial charge < -0.3 is 5.11 Å². The maximum Gasteiger partial charge on any atom is 0.0631 e. The summed E-state index contributed by atoms with van der Waals surface area (Å²) in [6, 6.07) is 10.6. The second-order valence-electron chi connectivity index (χ2n) is 5.18. The summed E-state index contributed by atoms with van der Waals surface area (Å²) >= 11 is 3.43. The Kier molecular flexibility index (Phi) is 5.38. The van der Waals surface area contributed by atoms with Gasteiger partial charge in [-0.3, -0.25) is 4.68 Å². The van der Waals surface area contributed by atoms with Gasteiger partial charge in [0, 0.05) is 29.1 Å². The normalized spacial score (nSPS) is 14.2. The Balaban J connectivity index is 2.10. The molecule has 0 saturated carbocycles. The van der Waals surface area contributed by atoms with Crippen molar-refractivity contribution in [1.82, 2.24) is 9.78 Å². The van der Waals surface area contributed by atoms with E-state index in [9.17, 15) is 5.11 Å². The molecule has 0 spiro atoms. The molecule has 0 aliphatic heterocycles. The SMILES string of the molecule is CCC(C)n1ccc(CC(CO)c2ccc(Br)cc2)n1. The van der Waals surface area contributed by atoms with Crippen LogP contribution in [0.4, 0.5) is 0 Å². The Morgan fingerprint density at radius 2 is 1.95 bits per heavy atom. The predicted molar refractivity (Wildman–Crippen MR) is 84.9 cm³/mol. The lowest BCUT2D eigenvalue weighted by atomic mass is 9.95. The van der Waals surface area contributed by atoms with Crippen LogP contribution in [0.1, 0.15) is 43.5 Å². The van der Waals surface area contributed by atoms with Gasteiger partial charge in [-0.1, -0.05) is 35.0 Å². The molecule has 0 fully saturated rings. The van der Waals surface area contributed by atoms with Gasteiger partial charge in [0.25, 0.3) is 0 Å². The van der Waals surface area contributed by atoms with E-state index in [-0.39, 0.29) is 12.5 Å². The van der Waals surface area contributed by atoms with E-state index in [0.717, 1.165) is 28.6 Å². The monoisotopic (exact) mass is 336 g/mol. The minimum atomic E-state index is 0.100. The fraction of sp³-hybridized carbons (Fsp3) is 0.438. The number of aliphatic hydroxyl groups excluding tert-OH is 1. The third-order valence-electron chi connectivity index (χ3n) is 3.72. The van der Waals surface area contributed by atoms with E-state index < -0.39 is 0 Å². The molecule has 0 radical (unpaired) electrons. The van der Waals surface area contributed by atoms with Crippen LogP contribution in [0.2, 0.25) is 0 Å². The summed E-state index contributed by atoms with van der Waals surface area (Å²) in [7, 11) is 0. The lowest BCUT2D eigenvalue weighted by Gasteiger charge is -2.14. The summed E-state index contributed by atoms with van der Waals surface area (Å²) in [5, 5.41) is 14.2. The van der Waals surface area contributed by atoms with E-state index in [1.807, 2.05) is 29.1 Å². The smallest absolute Gasteiger partial charge is 0.0631 e. The number of nitrogens with zero attached hydrogens (tertiary/aromatic N) is 2. The van der Waals surface area contributed by atoms with Crippen LogP contribution in [0, 0.1) is 0 Å². The minimum Gasteiger partial charge on any atom is -0.396 e. The molecule has 2 atom stereocenters. The molecule has 2 aromatic rings. The molecule has 2 rings (SSSR count). The number of hydrogen-bond acceptors (Lipinski definition) is 2. The van der Waals surface area contributed by atoms with Crippen molar-refractivity contribution in [3.63, 3.8) is 0 Å². The topological polar surface area (TPSA) is 38.0 Å². The molecular weight excluding hydrogens is 316 g/mol. The molecule has 3 nitrogen and oxygen atoms in total. The summed E-state index contributed by atoms with van der Waals surface area (Å²) in [5.74, 6) is 0.100. The molecule has 108 valence electrons. The Bertz CT molecular complexity index is 536. The fourth-order valence-electron chi connectivity index (χ4n) is 2.19. The van der Waals surface area contributed by atoms with Crippen LogP contribution >= 0.6 is 15.9 Å². The molecule has 1 N–H and O–H groups in total. The third kappa shape index (κ3) is 3.70. The van der Waals surface area contributed by atoms with Crippen LogP contribution < -0.4 is 0 Å². The quantitative estimate of drug-likeness (QED) is 0.867. The molecule has 0 saturated heterocycles. The highest BCUT2D eigenvalue weighted by molar-refractivity contribution is 9.10. The zero-order valence-electron chi connectivity index (χ0n) is 12.0. The summed E-state index contributed by atoms with van der Waals surface area (Å²) in [6.07, 6.45) is 3.86. The van der Waals surface area contributed by atoms with Gasteiger partial charge in [-0.2, -0.15) is 5.10 Å². The van der Waals surface area contributed by atoms with Crippen molar-refractivity contribution in [2.75, 3.05) is 6.61 Å². The largest absolute Gasteiger partial charge is 0.396 e. The summed E-state index contributed by atoms with van der Waals surface area (Å²) in [5.41, 5.74) is 2.18. The van der Waals surface area contributed by atoms with Crippen LogP contribution in [0.5, 0.6) is 0 Å². The van der Waals surface area contributed by atoms with Gasteiger partial charge in [0.1, 0.15) is 0 Å². The van der Waals surface area contributed by atoms with E-state index in [2.05, 4.69) is 47.0 Å². The number of hydrogen-bond donors (Lipinski definition) is 1. The number of aromatic nitrogens is 2. The molecule has 4 heteroatoms. The van der Waals surface area contributed by atoms with Crippen LogP contribution in [0.3, 0.4) is 0 Å². The lowest BCUT2D eigenvalue weighted by Crippen LogP contribution is -2.10. The van der Waals surface area contributed by atoms with E-state index in [4.69, 9.17) is 0 Å². The van der Waals surface area contributed by atoms with E-state index in [1.165, 1.54) is 0 Å². The van der Waals surface area contributed by atoms with Crippen molar-refractivity contribution in [1.29, 1.82) is 0 Å². The molecule has 1 heterocycles. The lowest BCUT2D eigenvalue weighted by molar-refractivity contribution is 0.263. The molecule has 1 aromatic heterocycles. The predicted octanol–water partition coefficient (Wildman–Crippen LogP) is 3.94. The zero-order valence-corrected chi connectivity index (χ0v) is 13.5. The second-order valence-corrected chi connectivity index (χ2v) is 6.10. The first-order valence-corrected chi connectivity index (χ1v) is 7.83. The Labute approximate surface area is 128 Å². The van der Waals surface area contributed by atoms with Gasteiger partial charge in [-0.05, 0) is 37.1 Å². The van der Waals surface area contributed by atoms with Gasteiger partial charge in [-0.25, -0.2) is 0 Å². The third-order valence-corrected chi connectivity index (χ3v) is 4.25. The van der Waals surface area contributed by atoms with Crippen molar-refractivity contribution >= 4 is 15.9 Å². The summed E-state index contributed by atoms with van der Waals surface area (Å²) < 4.78 is 3.06. The van der Waals surface area contributed by atoms with Crippen molar-refractivity contribution in [3.8, 4) is 0 Å². The molecule has 0 amide bonds. The fourth-order valence-corrected chi connectivity index (χ4v) is 2.46. The average Bonchev–Trinajstić information content (AvgIpc) is 2.93. The molecular formula is C16H21BrN2O. The van der Waals surface area contributed by atoms with Crippen LogP contribution in [-0.2, 0) is 6.42 Å². The minimum absolute atomic E-state index is 0.100. The Morgan fingerprint density at radius 3 is 2.55 bits per heavy atom. The van der Waals surface area contributed by atoms with Gasteiger partial charge >= 0.3 is 0 Å². The molecule has 1 aromatic carbocycles. The maximum atomic E-state index is 9.63. The summed E-state index contributed by atoms with van der Waals surface area (Å²) in [6.45, 7) is 4.46. The first-order valence-electron chi connectivity index (χ1n) is 7.04. The Morgan fingerprint density at radius 1 is 1.25 bits per heavy atom. The standard InChI is InChI=1S/C16H21BrN2O/c1-3-12(2)19-9-8-16(18-19)10-14(11-20)13-4-6-15(17)7-5-13/h4-9,12,14,20H,3,10-11H2,1-2H3. The number of benzene rings is 1. The maximum absolute atomic E-state index is 9.63. The highest BCUT2D eigenvalue weighted by atomic mass is 79.9. The van der Waals surface area contributed by atoms with Crippen LogP contribution in [-0.4, -0.2) is 21.5 Å². The van der Waals surface area contributed by atoms with Gasteiger partial charge in [0.05, 0.1) is 12.3 Å². The van der Waals surface area contributed by atoms with E-state index in [0.29, 0.717) is 6.04 Å². The number of rotatable bonds is 6. The highest BCUT2D eigenvalue weighted by Crippen LogP contribution is 2.22. The van der Waals surface area contributed by atoms with Crippen molar-refractivity contribution in [3.05, 3.63) is 52.3 Å². The number of aliphatic hydroxyl groups is 1. The van der Waals surface area contributed by atoms with Gasteiger partial charge in [0.15, 0.2) is 0 Å². The van der Waals surface area contributed by atoms with E-state index in [1.54, 1.807) is 0 Å². The average molecular weight is 337 g/mol. The van der Waals surface area contributed by atoms with Crippen molar-refractivity contribution in [2.45, 2.75) is 38.6 Å². The number of halogens is 1.